The highest BCUT2D eigenvalue weighted by molar-refractivity contribution is 7.80. The second-order valence-corrected chi connectivity index (χ2v) is 5.84. The third-order valence-corrected chi connectivity index (χ3v) is 3.78. The molecule has 0 fully saturated rings. The predicted molar refractivity (Wildman–Crippen MR) is 107 cm³/mol. The smallest absolute Gasteiger partial charge is 0.191 e. The highest BCUT2D eigenvalue weighted by Gasteiger charge is 2.05. The summed E-state index contributed by atoms with van der Waals surface area (Å²) < 4.78 is 10.8. The predicted octanol–water partition coefficient (Wildman–Crippen LogP) is 4.03. The Morgan fingerprint density at radius 2 is 1.88 bits per heavy atom. The average Bonchev–Trinajstić information content (AvgIpc) is 2.59. The van der Waals surface area contributed by atoms with Crippen molar-refractivity contribution in [3.63, 3.8) is 0 Å². The van der Waals surface area contributed by atoms with E-state index in [0.29, 0.717) is 23.2 Å². The molecule has 132 valence electrons. The first kappa shape index (κ1) is 18.7. The first-order valence-corrected chi connectivity index (χ1v) is 8.43. The zero-order valence-corrected chi connectivity index (χ0v) is 15.7. The molecule has 0 unspecified atom stereocenters. The molecule has 0 amide bonds. The Morgan fingerprint density at radius 3 is 2.52 bits per heavy atom. The molecule has 0 aromatic heterocycles. The number of thiocarbonyl (C=S) groups is 1. The Kier molecular flexibility index (Phi) is 6.77. The molecule has 2 aromatic carbocycles. The van der Waals surface area contributed by atoms with Crippen molar-refractivity contribution in [2.45, 2.75) is 20.8 Å². The van der Waals surface area contributed by atoms with E-state index in [1.807, 2.05) is 57.2 Å². The van der Waals surface area contributed by atoms with Crippen molar-refractivity contribution in [1.82, 2.24) is 5.43 Å². The minimum absolute atomic E-state index is 0.437. The Balaban J connectivity index is 1.99. The molecule has 2 aromatic rings. The van der Waals surface area contributed by atoms with Crippen LogP contribution in [-0.2, 0) is 0 Å². The minimum Gasteiger partial charge on any atom is -0.493 e. The summed E-state index contributed by atoms with van der Waals surface area (Å²) in [5.74, 6) is 1.38. The molecule has 0 saturated carbocycles. The van der Waals surface area contributed by atoms with Crippen molar-refractivity contribution in [3.05, 3.63) is 53.1 Å². The van der Waals surface area contributed by atoms with Gasteiger partial charge >= 0.3 is 0 Å². The lowest BCUT2D eigenvalue weighted by Gasteiger charge is -2.12. The molecule has 0 radical (unpaired) electrons. The van der Waals surface area contributed by atoms with E-state index in [-0.39, 0.29) is 0 Å². The fourth-order valence-corrected chi connectivity index (χ4v) is 2.51. The van der Waals surface area contributed by atoms with Gasteiger partial charge in [0.2, 0.25) is 0 Å². The van der Waals surface area contributed by atoms with Gasteiger partial charge < -0.3 is 14.8 Å². The molecule has 0 aliphatic carbocycles. The Hall–Kier alpha value is -2.60. The molecular formula is C19H23N3O2S. The quantitative estimate of drug-likeness (QED) is 0.464. The molecule has 0 aliphatic rings. The van der Waals surface area contributed by atoms with Crippen molar-refractivity contribution < 1.29 is 9.47 Å². The van der Waals surface area contributed by atoms with Gasteiger partial charge in [-0.2, -0.15) is 5.10 Å². The van der Waals surface area contributed by atoms with Crippen LogP contribution >= 0.6 is 12.2 Å². The molecule has 0 spiro atoms. The lowest BCUT2D eigenvalue weighted by molar-refractivity contribution is 0.311. The number of hydrogen-bond donors (Lipinski definition) is 2. The van der Waals surface area contributed by atoms with Gasteiger partial charge in [-0.3, -0.25) is 5.43 Å². The number of benzene rings is 2. The number of aryl methyl sites for hydroxylation is 2. The van der Waals surface area contributed by atoms with Crippen molar-refractivity contribution in [3.8, 4) is 11.5 Å². The molecule has 2 N–H and O–H groups in total. The first-order chi connectivity index (χ1) is 12.0. The molecule has 0 aliphatic heterocycles. The monoisotopic (exact) mass is 357 g/mol. The maximum atomic E-state index is 5.50. The zero-order chi connectivity index (χ0) is 18.2. The largest absolute Gasteiger partial charge is 0.493 e. The lowest BCUT2D eigenvalue weighted by Crippen LogP contribution is -2.24. The van der Waals surface area contributed by atoms with Crippen LogP contribution in [0.5, 0.6) is 11.5 Å². The number of para-hydroxylation sites is 1. The van der Waals surface area contributed by atoms with Gasteiger partial charge in [-0.1, -0.05) is 18.2 Å². The summed E-state index contributed by atoms with van der Waals surface area (Å²) in [5, 5.41) is 7.78. The number of ether oxygens (including phenoxy) is 2. The van der Waals surface area contributed by atoms with E-state index < -0.39 is 0 Å². The van der Waals surface area contributed by atoms with Gasteiger partial charge in [-0.25, -0.2) is 0 Å². The van der Waals surface area contributed by atoms with Crippen LogP contribution < -0.4 is 20.2 Å². The van der Waals surface area contributed by atoms with Crippen LogP contribution in [0.15, 0.2) is 41.5 Å². The molecule has 2 rings (SSSR count). The number of nitrogens with one attached hydrogen (secondary N) is 2. The fraction of sp³-hybridized carbons (Fsp3) is 0.263. The molecule has 0 heterocycles. The lowest BCUT2D eigenvalue weighted by atomic mass is 10.1. The van der Waals surface area contributed by atoms with E-state index in [1.54, 1.807) is 13.3 Å². The van der Waals surface area contributed by atoms with Crippen LogP contribution in [0.25, 0.3) is 0 Å². The third kappa shape index (κ3) is 5.19. The van der Waals surface area contributed by atoms with E-state index in [4.69, 9.17) is 21.7 Å². The van der Waals surface area contributed by atoms with Gasteiger partial charge in [-0.15, -0.1) is 0 Å². The van der Waals surface area contributed by atoms with Crippen molar-refractivity contribution in [2.75, 3.05) is 19.0 Å². The van der Waals surface area contributed by atoms with Gasteiger partial charge in [0, 0.05) is 5.69 Å². The molecule has 0 bridgehead atoms. The summed E-state index contributed by atoms with van der Waals surface area (Å²) in [5.41, 5.74) is 6.96. The molecule has 5 nitrogen and oxygen atoms in total. The number of nitrogens with zero attached hydrogens (tertiary/aromatic N) is 1. The average molecular weight is 357 g/mol. The van der Waals surface area contributed by atoms with Gasteiger partial charge in [0.15, 0.2) is 16.6 Å². The first-order valence-electron chi connectivity index (χ1n) is 8.02. The van der Waals surface area contributed by atoms with Gasteiger partial charge in [0.05, 0.1) is 19.9 Å². The standard InChI is InChI=1S/C19H23N3O2S/c1-5-24-16-10-9-15(11-17(16)23-4)12-20-22-19(25)21-18-13(2)7-6-8-14(18)3/h6-12H,5H2,1-4H3,(H2,21,22,25)/b20-12+. The van der Waals surface area contributed by atoms with Crippen LogP contribution in [-0.4, -0.2) is 25.0 Å². The number of hydrogen-bond acceptors (Lipinski definition) is 4. The Labute approximate surface area is 154 Å². The number of rotatable bonds is 6. The number of methoxy groups -OCH3 is 1. The van der Waals surface area contributed by atoms with E-state index in [9.17, 15) is 0 Å². The summed E-state index contributed by atoms with van der Waals surface area (Å²) in [4.78, 5) is 0. The van der Waals surface area contributed by atoms with Gasteiger partial charge in [-0.05, 0) is 67.9 Å². The van der Waals surface area contributed by atoms with Crippen LogP contribution in [0, 0.1) is 13.8 Å². The Bertz CT molecular complexity index is 755. The summed E-state index contributed by atoms with van der Waals surface area (Å²) >= 11 is 5.29. The van der Waals surface area contributed by atoms with Crippen molar-refractivity contribution >= 4 is 29.2 Å². The second kappa shape index (κ2) is 9.03. The molecule has 25 heavy (non-hydrogen) atoms. The highest BCUT2D eigenvalue weighted by atomic mass is 32.1. The zero-order valence-electron chi connectivity index (χ0n) is 14.9. The van der Waals surface area contributed by atoms with Crippen LogP contribution in [0.1, 0.15) is 23.6 Å². The van der Waals surface area contributed by atoms with Gasteiger partial charge in [0.25, 0.3) is 0 Å². The summed E-state index contributed by atoms with van der Waals surface area (Å²) in [6.45, 7) is 6.59. The van der Waals surface area contributed by atoms with Crippen LogP contribution in [0.3, 0.4) is 0 Å². The fourth-order valence-electron chi connectivity index (χ4n) is 2.36. The summed E-state index contributed by atoms with van der Waals surface area (Å²) in [6.07, 6.45) is 1.68. The van der Waals surface area contributed by atoms with Crippen molar-refractivity contribution in [2.24, 2.45) is 5.10 Å². The molecule has 0 atom stereocenters. The summed E-state index contributed by atoms with van der Waals surface area (Å²) in [6, 6.07) is 11.7. The van der Waals surface area contributed by atoms with E-state index in [1.165, 1.54) is 0 Å². The van der Waals surface area contributed by atoms with Gasteiger partial charge in [0.1, 0.15) is 0 Å². The maximum Gasteiger partial charge on any atom is 0.191 e. The molecule has 0 saturated heterocycles. The van der Waals surface area contributed by atoms with Crippen LogP contribution in [0.2, 0.25) is 0 Å². The third-order valence-electron chi connectivity index (χ3n) is 3.59. The molecular weight excluding hydrogens is 334 g/mol. The van der Waals surface area contributed by atoms with Crippen molar-refractivity contribution in [1.29, 1.82) is 0 Å². The molecule has 6 heteroatoms. The minimum atomic E-state index is 0.437. The van der Waals surface area contributed by atoms with E-state index >= 15 is 0 Å². The summed E-state index contributed by atoms with van der Waals surface area (Å²) in [7, 11) is 1.61. The topological polar surface area (TPSA) is 54.9 Å². The Morgan fingerprint density at radius 1 is 1.16 bits per heavy atom. The second-order valence-electron chi connectivity index (χ2n) is 5.43. The highest BCUT2D eigenvalue weighted by Crippen LogP contribution is 2.27. The van der Waals surface area contributed by atoms with E-state index in [2.05, 4.69) is 15.8 Å². The van der Waals surface area contributed by atoms with E-state index in [0.717, 1.165) is 22.4 Å². The SMILES string of the molecule is CCOc1ccc(/C=N/NC(=S)Nc2c(C)cccc2C)cc1OC. The maximum absolute atomic E-state index is 5.50. The number of anilines is 1. The normalized spacial score (nSPS) is 10.6. The number of hydrazone groups is 1. The van der Waals surface area contributed by atoms with Crippen LogP contribution in [0.4, 0.5) is 5.69 Å².